The molecule has 0 aliphatic heterocycles. The average Bonchev–Trinajstić information content (AvgIpc) is 2.00. The highest BCUT2D eigenvalue weighted by molar-refractivity contribution is 6.25. The van der Waals surface area contributed by atoms with Gasteiger partial charge in [0.25, 0.3) is 0 Å². The van der Waals surface area contributed by atoms with Gasteiger partial charge in [0, 0.05) is 17.6 Å². The zero-order valence-corrected chi connectivity index (χ0v) is 8.07. The Morgan fingerprint density at radius 3 is 2.55 bits per heavy atom. The molecule has 2 nitrogen and oxygen atoms in total. The molecular weight excluding hydrogens is 162 g/mol. The van der Waals surface area contributed by atoms with Gasteiger partial charge >= 0.3 is 0 Å². The van der Waals surface area contributed by atoms with Crippen molar-refractivity contribution in [3.05, 3.63) is 11.1 Å². The first kappa shape index (κ1) is 11.0. The minimum absolute atomic E-state index is 0.128. The molecule has 3 heteroatoms. The standard InChI is InChI=1S/C8H16ClNO/c1-7(4-9)5-10-8(2,3)6-11/h4,10-11H,5-6H2,1-3H3. The summed E-state index contributed by atoms with van der Waals surface area (Å²) in [4.78, 5) is 0. The summed E-state index contributed by atoms with van der Waals surface area (Å²) in [5.41, 5.74) is 2.38. The second kappa shape index (κ2) is 4.75. The zero-order valence-electron chi connectivity index (χ0n) is 7.32. The van der Waals surface area contributed by atoms with E-state index in [0.717, 1.165) is 12.1 Å². The number of aliphatic hydroxyl groups is 1. The van der Waals surface area contributed by atoms with Crippen molar-refractivity contribution in [2.45, 2.75) is 26.3 Å². The summed E-state index contributed by atoms with van der Waals surface area (Å²) < 4.78 is 0. The molecule has 0 saturated carbocycles. The molecule has 0 spiro atoms. The summed E-state index contributed by atoms with van der Waals surface area (Å²) in [6.45, 7) is 6.66. The van der Waals surface area contributed by atoms with Crippen LogP contribution in [0.15, 0.2) is 11.1 Å². The van der Waals surface area contributed by atoms with Gasteiger partial charge in [0.1, 0.15) is 0 Å². The molecule has 0 amide bonds. The quantitative estimate of drug-likeness (QED) is 0.682. The lowest BCUT2D eigenvalue weighted by Gasteiger charge is -2.23. The largest absolute Gasteiger partial charge is 0.394 e. The number of halogens is 1. The molecule has 0 aromatic heterocycles. The highest BCUT2D eigenvalue weighted by Crippen LogP contribution is 2.01. The maximum absolute atomic E-state index is 8.86. The van der Waals surface area contributed by atoms with E-state index in [1.807, 2.05) is 20.8 Å². The average molecular weight is 178 g/mol. The van der Waals surface area contributed by atoms with Gasteiger partial charge in [-0.25, -0.2) is 0 Å². The van der Waals surface area contributed by atoms with Gasteiger partial charge < -0.3 is 10.4 Å². The fourth-order valence-electron chi connectivity index (χ4n) is 0.473. The Bertz CT molecular complexity index is 143. The second-order valence-corrected chi connectivity index (χ2v) is 3.57. The molecule has 0 atom stereocenters. The van der Waals surface area contributed by atoms with E-state index in [0.29, 0.717) is 0 Å². The summed E-state index contributed by atoms with van der Waals surface area (Å²) in [6, 6.07) is 0. The maximum Gasteiger partial charge on any atom is 0.0607 e. The number of nitrogens with one attached hydrogen (secondary N) is 1. The minimum Gasteiger partial charge on any atom is -0.394 e. The molecule has 2 N–H and O–H groups in total. The summed E-state index contributed by atoms with van der Waals surface area (Å²) in [6.07, 6.45) is 0. The van der Waals surface area contributed by atoms with Gasteiger partial charge in [-0.15, -0.1) is 0 Å². The van der Waals surface area contributed by atoms with Crippen LogP contribution in [0.2, 0.25) is 0 Å². The molecule has 0 heterocycles. The Kier molecular flexibility index (Phi) is 4.73. The van der Waals surface area contributed by atoms with Crippen molar-refractivity contribution >= 4 is 11.6 Å². The number of hydrogen-bond donors (Lipinski definition) is 2. The molecule has 66 valence electrons. The van der Waals surface area contributed by atoms with E-state index in [2.05, 4.69) is 5.32 Å². The van der Waals surface area contributed by atoms with Crippen LogP contribution in [0.1, 0.15) is 20.8 Å². The van der Waals surface area contributed by atoms with Gasteiger partial charge in [-0.2, -0.15) is 0 Å². The van der Waals surface area contributed by atoms with Crippen LogP contribution in [0.5, 0.6) is 0 Å². The summed E-state index contributed by atoms with van der Waals surface area (Å²) >= 11 is 5.46. The van der Waals surface area contributed by atoms with E-state index in [1.165, 1.54) is 0 Å². The molecule has 0 bridgehead atoms. The molecule has 0 aliphatic carbocycles. The Labute approximate surface area is 73.3 Å². The Balaban J connectivity index is 3.70. The number of hydrogen-bond acceptors (Lipinski definition) is 2. The fourth-order valence-corrected chi connectivity index (χ4v) is 0.550. The van der Waals surface area contributed by atoms with Crippen molar-refractivity contribution in [1.82, 2.24) is 5.32 Å². The van der Waals surface area contributed by atoms with Crippen LogP contribution in [-0.4, -0.2) is 23.8 Å². The normalized spacial score (nSPS) is 13.7. The van der Waals surface area contributed by atoms with E-state index in [4.69, 9.17) is 16.7 Å². The van der Waals surface area contributed by atoms with Crippen molar-refractivity contribution in [1.29, 1.82) is 0 Å². The first-order valence-corrected chi connectivity index (χ1v) is 4.07. The topological polar surface area (TPSA) is 32.3 Å². The van der Waals surface area contributed by atoms with E-state index < -0.39 is 0 Å². The molecule has 0 saturated heterocycles. The van der Waals surface area contributed by atoms with Crippen molar-refractivity contribution in [3.8, 4) is 0 Å². The van der Waals surface area contributed by atoms with Crippen LogP contribution in [0.3, 0.4) is 0 Å². The molecule has 0 radical (unpaired) electrons. The fraction of sp³-hybridized carbons (Fsp3) is 0.750. The van der Waals surface area contributed by atoms with E-state index in [1.54, 1.807) is 5.54 Å². The monoisotopic (exact) mass is 177 g/mol. The molecule has 0 aromatic rings. The third-order valence-electron chi connectivity index (χ3n) is 1.43. The van der Waals surface area contributed by atoms with E-state index in [9.17, 15) is 0 Å². The lowest BCUT2D eigenvalue weighted by molar-refractivity contribution is 0.192. The van der Waals surface area contributed by atoms with Crippen molar-refractivity contribution in [2.24, 2.45) is 0 Å². The van der Waals surface area contributed by atoms with Crippen LogP contribution >= 0.6 is 11.6 Å². The molecule has 0 rings (SSSR count). The molecule has 0 fully saturated rings. The van der Waals surface area contributed by atoms with Crippen molar-refractivity contribution in [3.63, 3.8) is 0 Å². The summed E-state index contributed by atoms with van der Waals surface area (Å²) in [5, 5.41) is 12.0. The van der Waals surface area contributed by atoms with Gasteiger partial charge in [-0.3, -0.25) is 0 Å². The van der Waals surface area contributed by atoms with Crippen LogP contribution in [0.25, 0.3) is 0 Å². The Morgan fingerprint density at radius 2 is 2.18 bits per heavy atom. The van der Waals surface area contributed by atoms with Crippen molar-refractivity contribution in [2.75, 3.05) is 13.2 Å². The van der Waals surface area contributed by atoms with Gasteiger partial charge in [-0.1, -0.05) is 11.6 Å². The van der Waals surface area contributed by atoms with Gasteiger partial charge in [-0.05, 0) is 26.3 Å². The third-order valence-corrected chi connectivity index (χ3v) is 1.80. The Hall–Kier alpha value is -0.0500. The van der Waals surface area contributed by atoms with E-state index >= 15 is 0 Å². The Morgan fingerprint density at radius 1 is 1.64 bits per heavy atom. The second-order valence-electron chi connectivity index (χ2n) is 3.35. The molecule has 0 aliphatic rings. The third kappa shape index (κ3) is 5.24. The lowest BCUT2D eigenvalue weighted by Crippen LogP contribution is -2.43. The first-order chi connectivity index (χ1) is 5.02. The predicted octanol–water partition coefficient (Wildman–Crippen LogP) is 1.49. The zero-order chi connectivity index (χ0) is 8.91. The first-order valence-electron chi connectivity index (χ1n) is 3.63. The predicted molar refractivity (Wildman–Crippen MR) is 48.8 cm³/mol. The highest BCUT2D eigenvalue weighted by Gasteiger charge is 2.14. The van der Waals surface area contributed by atoms with Crippen molar-refractivity contribution < 1.29 is 5.11 Å². The minimum atomic E-state index is -0.221. The van der Waals surface area contributed by atoms with Gasteiger partial charge in [0.2, 0.25) is 0 Å². The summed E-state index contributed by atoms with van der Waals surface area (Å²) in [5.74, 6) is 0. The molecular formula is C8H16ClNO. The number of aliphatic hydroxyl groups excluding tert-OH is 1. The molecule has 11 heavy (non-hydrogen) atoms. The molecule has 0 unspecified atom stereocenters. The smallest absolute Gasteiger partial charge is 0.0607 e. The highest BCUT2D eigenvalue weighted by atomic mass is 35.5. The van der Waals surface area contributed by atoms with Gasteiger partial charge in [0.05, 0.1) is 6.61 Å². The van der Waals surface area contributed by atoms with Crippen LogP contribution in [0.4, 0.5) is 0 Å². The van der Waals surface area contributed by atoms with E-state index in [-0.39, 0.29) is 12.1 Å². The van der Waals surface area contributed by atoms with Crippen LogP contribution in [-0.2, 0) is 0 Å². The van der Waals surface area contributed by atoms with Crippen LogP contribution < -0.4 is 5.32 Å². The van der Waals surface area contributed by atoms with Crippen LogP contribution in [0, 0.1) is 0 Å². The maximum atomic E-state index is 8.86. The van der Waals surface area contributed by atoms with Gasteiger partial charge in [0.15, 0.2) is 0 Å². The SMILES string of the molecule is CC(=CCl)CNC(C)(C)CO. The molecule has 0 aromatic carbocycles. The summed E-state index contributed by atoms with van der Waals surface area (Å²) in [7, 11) is 0. The lowest BCUT2D eigenvalue weighted by atomic mass is 10.1. The number of rotatable bonds is 4.